The van der Waals surface area contributed by atoms with Gasteiger partial charge in [0.25, 0.3) is 5.91 Å². The molecule has 0 radical (unpaired) electrons. The Labute approximate surface area is 167 Å². The van der Waals surface area contributed by atoms with Crippen molar-refractivity contribution < 1.29 is 23.8 Å². The summed E-state index contributed by atoms with van der Waals surface area (Å²) in [5.41, 5.74) is 2.85. The average Bonchev–Trinajstić information content (AvgIpc) is 2.73. The van der Waals surface area contributed by atoms with Crippen molar-refractivity contribution in [3.63, 3.8) is 0 Å². The van der Waals surface area contributed by atoms with Gasteiger partial charge in [-0.1, -0.05) is 36.4 Å². The Hall–Kier alpha value is -3.67. The van der Waals surface area contributed by atoms with E-state index < -0.39 is 18.5 Å². The van der Waals surface area contributed by atoms with Crippen molar-refractivity contribution in [1.82, 2.24) is 5.32 Å². The Bertz CT molecular complexity index is 983. The molecule has 0 saturated carbocycles. The number of phenolic OH excluding ortho intramolecular Hbond substituents is 1. The molecule has 0 aliphatic carbocycles. The predicted octanol–water partition coefficient (Wildman–Crippen LogP) is 4.23. The molecule has 0 saturated heterocycles. The van der Waals surface area contributed by atoms with Crippen LogP contribution in [-0.4, -0.2) is 23.6 Å². The smallest absolute Gasteiger partial charge is 0.338 e. The molecule has 0 aliphatic heterocycles. The molecule has 3 rings (SSSR count). The number of ether oxygens (including phenoxy) is 1. The summed E-state index contributed by atoms with van der Waals surface area (Å²) in [4.78, 5) is 24.2. The first-order valence-electron chi connectivity index (χ1n) is 9.04. The fourth-order valence-electron chi connectivity index (χ4n) is 2.79. The van der Waals surface area contributed by atoms with Crippen LogP contribution in [0.25, 0.3) is 11.1 Å². The van der Waals surface area contributed by atoms with Crippen molar-refractivity contribution in [1.29, 1.82) is 0 Å². The van der Waals surface area contributed by atoms with E-state index in [2.05, 4.69) is 5.32 Å². The first-order chi connectivity index (χ1) is 13.9. The standard InChI is InChI=1S/C23H20FNO4/c1-15(16-6-10-20(24)11-7-16)25-22(27)14-29-23(28)19-4-2-17(3-5-19)18-8-12-21(26)13-9-18/h2-13,15,26H,14H2,1H3,(H,25,27)/t15-/m0/s1. The maximum Gasteiger partial charge on any atom is 0.338 e. The van der Waals surface area contributed by atoms with Crippen molar-refractivity contribution >= 4 is 11.9 Å². The van der Waals surface area contributed by atoms with E-state index in [1.54, 1.807) is 67.6 Å². The molecule has 3 aromatic rings. The summed E-state index contributed by atoms with van der Waals surface area (Å²) in [5, 5.41) is 12.0. The fraction of sp³-hybridized carbons (Fsp3) is 0.130. The van der Waals surface area contributed by atoms with Crippen LogP contribution in [0.2, 0.25) is 0 Å². The largest absolute Gasteiger partial charge is 0.508 e. The van der Waals surface area contributed by atoms with Gasteiger partial charge in [-0.05, 0) is 60.0 Å². The number of esters is 1. The highest BCUT2D eigenvalue weighted by Crippen LogP contribution is 2.22. The molecule has 29 heavy (non-hydrogen) atoms. The Morgan fingerprint density at radius 2 is 1.48 bits per heavy atom. The molecule has 0 heterocycles. The number of amides is 1. The fourth-order valence-corrected chi connectivity index (χ4v) is 2.79. The van der Waals surface area contributed by atoms with E-state index in [1.165, 1.54) is 12.1 Å². The summed E-state index contributed by atoms with van der Waals surface area (Å²) in [6.45, 7) is 1.35. The lowest BCUT2D eigenvalue weighted by Gasteiger charge is -2.14. The van der Waals surface area contributed by atoms with Crippen LogP contribution in [0.15, 0.2) is 72.8 Å². The van der Waals surface area contributed by atoms with Crippen molar-refractivity contribution in [2.45, 2.75) is 13.0 Å². The zero-order chi connectivity index (χ0) is 20.8. The van der Waals surface area contributed by atoms with Gasteiger partial charge in [-0.3, -0.25) is 4.79 Å². The molecule has 148 valence electrons. The lowest BCUT2D eigenvalue weighted by Crippen LogP contribution is -2.31. The molecule has 0 aromatic heterocycles. The van der Waals surface area contributed by atoms with Crippen LogP contribution < -0.4 is 5.32 Å². The molecule has 1 amide bonds. The number of carbonyl (C=O) groups excluding carboxylic acids is 2. The summed E-state index contributed by atoms with van der Waals surface area (Å²) in [7, 11) is 0. The van der Waals surface area contributed by atoms with Gasteiger partial charge in [0.2, 0.25) is 0 Å². The molecule has 0 fully saturated rings. The maximum absolute atomic E-state index is 13.0. The van der Waals surface area contributed by atoms with Crippen molar-refractivity contribution in [2.75, 3.05) is 6.61 Å². The van der Waals surface area contributed by atoms with Crippen molar-refractivity contribution in [3.05, 3.63) is 89.7 Å². The summed E-state index contributed by atoms with van der Waals surface area (Å²) < 4.78 is 18.0. The van der Waals surface area contributed by atoms with Crippen molar-refractivity contribution in [2.24, 2.45) is 0 Å². The number of aromatic hydroxyl groups is 1. The van der Waals surface area contributed by atoms with Crippen LogP contribution >= 0.6 is 0 Å². The van der Waals surface area contributed by atoms with Gasteiger partial charge < -0.3 is 15.2 Å². The number of rotatable bonds is 6. The monoisotopic (exact) mass is 393 g/mol. The summed E-state index contributed by atoms with van der Waals surface area (Å²) in [6, 6.07) is 18.9. The molecule has 3 aromatic carbocycles. The molecular formula is C23H20FNO4. The van der Waals surface area contributed by atoms with Crippen LogP contribution in [0.4, 0.5) is 4.39 Å². The van der Waals surface area contributed by atoms with Gasteiger partial charge in [-0.2, -0.15) is 0 Å². The van der Waals surface area contributed by atoms with Gasteiger partial charge in [0.15, 0.2) is 6.61 Å². The minimum Gasteiger partial charge on any atom is -0.508 e. The van der Waals surface area contributed by atoms with E-state index in [4.69, 9.17) is 4.74 Å². The summed E-state index contributed by atoms with van der Waals surface area (Å²) >= 11 is 0. The molecule has 2 N–H and O–H groups in total. The highest BCUT2D eigenvalue weighted by atomic mass is 19.1. The first kappa shape index (κ1) is 20.1. The molecule has 1 atom stereocenters. The lowest BCUT2D eigenvalue weighted by atomic mass is 10.0. The van der Waals surface area contributed by atoms with E-state index >= 15 is 0 Å². The minimum absolute atomic E-state index is 0.181. The Morgan fingerprint density at radius 3 is 2.07 bits per heavy atom. The summed E-state index contributed by atoms with van der Waals surface area (Å²) in [5.74, 6) is -1.22. The highest BCUT2D eigenvalue weighted by Gasteiger charge is 2.13. The van der Waals surface area contributed by atoms with Crippen LogP contribution in [0.5, 0.6) is 5.75 Å². The van der Waals surface area contributed by atoms with Gasteiger partial charge in [0, 0.05) is 0 Å². The molecule has 0 unspecified atom stereocenters. The van der Waals surface area contributed by atoms with Crippen molar-refractivity contribution in [3.8, 4) is 16.9 Å². The molecule has 5 nitrogen and oxygen atoms in total. The number of hydrogen-bond acceptors (Lipinski definition) is 4. The lowest BCUT2D eigenvalue weighted by molar-refractivity contribution is -0.124. The maximum atomic E-state index is 13.0. The highest BCUT2D eigenvalue weighted by molar-refractivity contribution is 5.92. The molecule has 0 aliphatic rings. The van der Waals surface area contributed by atoms with Gasteiger partial charge in [-0.15, -0.1) is 0 Å². The number of phenols is 1. The van der Waals surface area contributed by atoms with Crippen LogP contribution in [0, 0.1) is 5.82 Å². The van der Waals surface area contributed by atoms with Crippen LogP contribution in [0.3, 0.4) is 0 Å². The van der Waals surface area contributed by atoms with E-state index in [0.29, 0.717) is 5.56 Å². The number of nitrogens with one attached hydrogen (secondary N) is 1. The molecular weight excluding hydrogens is 373 g/mol. The van der Waals surface area contributed by atoms with Gasteiger partial charge >= 0.3 is 5.97 Å². The van der Waals surface area contributed by atoms with E-state index in [1.807, 2.05) is 0 Å². The first-order valence-corrected chi connectivity index (χ1v) is 9.04. The second-order valence-corrected chi connectivity index (χ2v) is 6.54. The number of halogens is 1. The third-order valence-electron chi connectivity index (χ3n) is 4.40. The second kappa shape index (κ2) is 9.01. The average molecular weight is 393 g/mol. The van der Waals surface area contributed by atoms with Crippen LogP contribution in [0.1, 0.15) is 28.9 Å². The topological polar surface area (TPSA) is 75.6 Å². The minimum atomic E-state index is -0.605. The third-order valence-corrected chi connectivity index (χ3v) is 4.40. The SMILES string of the molecule is C[C@H](NC(=O)COC(=O)c1ccc(-c2ccc(O)cc2)cc1)c1ccc(F)cc1. The van der Waals surface area contributed by atoms with E-state index in [9.17, 15) is 19.1 Å². The second-order valence-electron chi connectivity index (χ2n) is 6.54. The number of benzene rings is 3. The number of hydrogen-bond donors (Lipinski definition) is 2. The van der Waals surface area contributed by atoms with E-state index in [-0.39, 0.29) is 17.6 Å². The normalized spacial score (nSPS) is 11.5. The molecule has 0 spiro atoms. The van der Waals surface area contributed by atoms with E-state index in [0.717, 1.165) is 16.7 Å². The third kappa shape index (κ3) is 5.42. The Kier molecular flexibility index (Phi) is 6.24. The van der Waals surface area contributed by atoms with Gasteiger partial charge in [0.05, 0.1) is 11.6 Å². The van der Waals surface area contributed by atoms with Gasteiger partial charge in [0.1, 0.15) is 11.6 Å². The predicted molar refractivity (Wildman–Crippen MR) is 107 cm³/mol. The molecule has 0 bridgehead atoms. The zero-order valence-corrected chi connectivity index (χ0v) is 15.8. The Balaban J connectivity index is 1.52. The number of carbonyl (C=O) groups is 2. The zero-order valence-electron chi connectivity index (χ0n) is 15.8. The van der Waals surface area contributed by atoms with Gasteiger partial charge in [-0.25, -0.2) is 9.18 Å². The quantitative estimate of drug-likeness (QED) is 0.615. The Morgan fingerprint density at radius 1 is 0.931 bits per heavy atom. The molecule has 6 heteroatoms. The van der Waals surface area contributed by atoms with Crippen LogP contribution in [-0.2, 0) is 9.53 Å². The summed E-state index contributed by atoms with van der Waals surface area (Å²) in [6.07, 6.45) is 0.